The van der Waals surface area contributed by atoms with Crippen molar-refractivity contribution in [1.29, 1.82) is 0 Å². The van der Waals surface area contributed by atoms with Gasteiger partial charge < -0.3 is 14.8 Å². The monoisotopic (exact) mass is 351 g/mol. The van der Waals surface area contributed by atoms with Crippen molar-refractivity contribution in [3.8, 4) is 11.5 Å². The number of aryl methyl sites for hydroxylation is 1. The third-order valence-corrected chi connectivity index (χ3v) is 5.58. The molecular formula is C22H25NO3. The fourth-order valence-electron chi connectivity index (χ4n) is 3.76. The van der Waals surface area contributed by atoms with Crippen LogP contribution in [0.2, 0.25) is 0 Å². The van der Waals surface area contributed by atoms with Crippen molar-refractivity contribution in [1.82, 2.24) is 5.32 Å². The van der Waals surface area contributed by atoms with Gasteiger partial charge in [-0.2, -0.15) is 0 Å². The van der Waals surface area contributed by atoms with Gasteiger partial charge in [0.25, 0.3) is 0 Å². The number of carbonyl (C=O) groups is 1. The molecule has 136 valence electrons. The van der Waals surface area contributed by atoms with E-state index < -0.39 is 0 Å². The molecule has 0 aromatic heterocycles. The van der Waals surface area contributed by atoms with Crippen molar-refractivity contribution in [2.75, 3.05) is 13.7 Å². The number of hydrogen-bond acceptors (Lipinski definition) is 3. The van der Waals surface area contributed by atoms with E-state index in [0.29, 0.717) is 13.0 Å². The Bertz CT molecular complexity index is 826. The second-order valence-electron chi connectivity index (χ2n) is 7.53. The average molecular weight is 351 g/mol. The first-order chi connectivity index (χ1) is 12.6. The molecule has 2 aromatic carbocycles. The normalized spacial score (nSPS) is 19.8. The third-order valence-electron chi connectivity index (χ3n) is 5.58. The van der Waals surface area contributed by atoms with Gasteiger partial charge in [0.1, 0.15) is 6.61 Å². The van der Waals surface area contributed by atoms with Crippen LogP contribution in [-0.2, 0) is 17.6 Å². The first-order valence-corrected chi connectivity index (χ1v) is 9.25. The lowest BCUT2D eigenvalue weighted by molar-refractivity contribution is -0.127. The SMILES string of the molecule is COc1cccc2c1OC[C@@H](C(=O)NC1(Cc3ccccc3C)CC1)C2. The highest BCUT2D eigenvalue weighted by atomic mass is 16.5. The Morgan fingerprint density at radius 1 is 1.23 bits per heavy atom. The molecule has 1 heterocycles. The van der Waals surface area contributed by atoms with Gasteiger partial charge in [0.2, 0.25) is 5.91 Å². The Morgan fingerprint density at radius 3 is 2.77 bits per heavy atom. The summed E-state index contributed by atoms with van der Waals surface area (Å²) in [6.45, 7) is 2.53. The van der Waals surface area contributed by atoms with Crippen molar-refractivity contribution in [2.45, 2.75) is 38.1 Å². The molecular weight excluding hydrogens is 326 g/mol. The van der Waals surface area contributed by atoms with E-state index in [-0.39, 0.29) is 17.4 Å². The van der Waals surface area contributed by atoms with Crippen LogP contribution in [0.1, 0.15) is 29.5 Å². The van der Waals surface area contributed by atoms with Crippen LogP contribution in [0.5, 0.6) is 11.5 Å². The van der Waals surface area contributed by atoms with Crippen LogP contribution < -0.4 is 14.8 Å². The van der Waals surface area contributed by atoms with Crippen molar-refractivity contribution in [3.63, 3.8) is 0 Å². The summed E-state index contributed by atoms with van der Waals surface area (Å²) in [6, 6.07) is 14.3. The van der Waals surface area contributed by atoms with Crippen LogP contribution in [0, 0.1) is 12.8 Å². The number of benzene rings is 2. The van der Waals surface area contributed by atoms with Crippen LogP contribution in [0.15, 0.2) is 42.5 Å². The topological polar surface area (TPSA) is 47.6 Å². The van der Waals surface area contributed by atoms with Crippen LogP contribution in [-0.4, -0.2) is 25.2 Å². The number of para-hydroxylation sites is 1. The lowest BCUT2D eigenvalue weighted by Crippen LogP contribution is -2.45. The standard InChI is InChI=1S/C22H25NO3/c1-15-6-3-4-7-17(15)13-22(10-11-22)23-21(24)18-12-16-8-5-9-19(25-2)20(16)26-14-18/h3-9,18H,10-14H2,1-2H3,(H,23,24)/t18-/m0/s1. The van der Waals surface area contributed by atoms with Crippen molar-refractivity contribution in [2.24, 2.45) is 5.92 Å². The van der Waals surface area contributed by atoms with Gasteiger partial charge in [0, 0.05) is 5.54 Å². The lowest BCUT2D eigenvalue weighted by atomic mass is 9.94. The smallest absolute Gasteiger partial charge is 0.227 e. The number of ether oxygens (including phenoxy) is 2. The molecule has 4 heteroatoms. The number of methoxy groups -OCH3 is 1. The van der Waals surface area contributed by atoms with Gasteiger partial charge in [-0.15, -0.1) is 0 Å². The van der Waals surface area contributed by atoms with Crippen LogP contribution in [0.4, 0.5) is 0 Å². The van der Waals surface area contributed by atoms with E-state index >= 15 is 0 Å². The molecule has 1 aliphatic heterocycles. The fraction of sp³-hybridized carbons (Fsp3) is 0.409. The second-order valence-corrected chi connectivity index (χ2v) is 7.53. The predicted molar refractivity (Wildman–Crippen MR) is 101 cm³/mol. The summed E-state index contributed by atoms with van der Waals surface area (Å²) in [6.07, 6.45) is 3.69. The third kappa shape index (κ3) is 3.28. The summed E-state index contributed by atoms with van der Waals surface area (Å²) in [5.74, 6) is 1.47. The highest BCUT2D eigenvalue weighted by molar-refractivity contribution is 5.81. The molecule has 0 unspecified atom stereocenters. The minimum Gasteiger partial charge on any atom is -0.493 e. The van der Waals surface area contributed by atoms with E-state index in [2.05, 4.69) is 36.5 Å². The minimum atomic E-state index is -0.149. The second kappa shape index (κ2) is 6.67. The van der Waals surface area contributed by atoms with Crippen molar-refractivity contribution in [3.05, 3.63) is 59.2 Å². The van der Waals surface area contributed by atoms with E-state index in [1.165, 1.54) is 11.1 Å². The summed E-state index contributed by atoms with van der Waals surface area (Å²) in [5, 5.41) is 3.32. The highest BCUT2D eigenvalue weighted by Crippen LogP contribution is 2.40. The number of nitrogens with one attached hydrogen (secondary N) is 1. The Morgan fingerprint density at radius 2 is 2.04 bits per heavy atom. The maximum atomic E-state index is 12.9. The molecule has 1 amide bonds. The molecule has 1 atom stereocenters. The Hall–Kier alpha value is -2.49. The largest absolute Gasteiger partial charge is 0.493 e. The molecule has 0 spiro atoms. The van der Waals surface area contributed by atoms with Crippen molar-refractivity contribution >= 4 is 5.91 Å². The van der Waals surface area contributed by atoms with Gasteiger partial charge in [-0.25, -0.2) is 0 Å². The van der Waals surface area contributed by atoms with Gasteiger partial charge in [-0.3, -0.25) is 4.79 Å². The summed E-state index contributed by atoms with van der Waals surface area (Å²) in [4.78, 5) is 12.9. The zero-order valence-electron chi connectivity index (χ0n) is 15.4. The van der Waals surface area contributed by atoms with E-state index in [9.17, 15) is 4.79 Å². The molecule has 4 nitrogen and oxygen atoms in total. The summed E-state index contributed by atoms with van der Waals surface area (Å²) in [7, 11) is 1.64. The predicted octanol–water partition coefficient (Wildman–Crippen LogP) is 3.45. The van der Waals surface area contributed by atoms with Crippen LogP contribution in [0.3, 0.4) is 0 Å². The van der Waals surface area contributed by atoms with E-state index in [4.69, 9.17) is 9.47 Å². The molecule has 1 aliphatic carbocycles. The molecule has 1 saturated carbocycles. The Balaban J connectivity index is 1.43. The molecule has 1 fully saturated rings. The molecule has 1 N–H and O–H groups in total. The zero-order chi connectivity index (χ0) is 18.1. The molecule has 0 bridgehead atoms. The number of rotatable bonds is 5. The van der Waals surface area contributed by atoms with Gasteiger partial charge in [-0.05, 0) is 55.4 Å². The van der Waals surface area contributed by atoms with E-state index in [1.54, 1.807) is 7.11 Å². The van der Waals surface area contributed by atoms with Gasteiger partial charge >= 0.3 is 0 Å². The molecule has 26 heavy (non-hydrogen) atoms. The van der Waals surface area contributed by atoms with Crippen LogP contribution in [0.25, 0.3) is 0 Å². The van der Waals surface area contributed by atoms with E-state index in [1.807, 2.05) is 18.2 Å². The van der Waals surface area contributed by atoms with Crippen LogP contribution >= 0.6 is 0 Å². The number of carbonyl (C=O) groups excluding carboxylic acids is 1. The highest BCUT2D eigenvalue weighted by Gasteiger charge is 2.45. The Kier molecular flexibility index (Phi) is 4.35. The first kappa shape index (κ1) is 17.0. The first-order valence-electron chi connectivity index (χ1n) is 9.25. The molecule has 0 saturated heterocycles. The molecule has 4 rings (SSSR count). The minimum absolute atomic E-state index is 0.0716. The summed E-state index contributed by atoms with van der Waals surface area (Å²) >= 11 is 0. The van der Waals surface area contributed by atoms with Gasteiger partial charge in [0.05, 0.1) is 13.0 Å². The number of amides is 1. The fourth-order valence-corrected chi connectivity index (χ4v) is 3.76. The maximum Gasteiger partial charge on any atom is 0.227 e. The molecule has 2 aliphatic rings. The zero-order valence-corrected chi connectivity index (χ0v) is 15.4. The van der Waals surface area contributed by atoms with E-state index in [0.717, 1.165) is 36.3 Å². The molecule has 2 aromatic rings. The molecule has 0 radical (unpaired) electrons. The lowest BCUT2D eigenvalue weighted by Gasteiger charge is -2.28. The van der Waals surface area contributed by atoms with Gasteiger partial charge in [0.15, 0.2) is 11.5 Å². The average Bonchev–Trinajstić information content (AvgIpc) is 3.41. The maximum absolute atomic E-state index is 12.9. The van der Waals surface area contributed by atoms with Gasteiger partial charge in [-0.1, -0.05) is 36.4 Å². The van der Waals surface area contributed by atoms with Crippen molar-refractivity contribution < 1.29 is 14.3 Å². The summed E-state index contributed by atoms with van der Waals surface area (Å²) in [5.41, 5.74) is 3.58. The number of hydrogen-bond donors (Lipinski definition) is 1. The number of fused-ring (bicyclic) bond motifs is 1. The quantitative estimate of drug-likeness (QED) is 0.898. The summed E-state index contributed by atoms with van der Waals surface area (Å²) < 4.78 is 11.2. The Labute approximate surface area is 154 Å².